The molecule has 0 aromatic heterocycles. The molecule has 4 aliphatic heterocycles. The van der Waals surface area contributed by atoms with Gasteiger partial charge < -0.3 is 14.5 Å². The Balaban J connectivity index is 1.20. The Bertz CT molecular complexity index is 3210. The minimum atomic E-state index is -2.89. The lowest BCUT2D eigenvalue weighted by molar-refractivity contribution is 0.487. The van der Waals surface area contributed by atoms with Crippen molar-refractivity contribution in [2.24, 2.45) is 0 Å². The Morgan fingerprint density at radius 3 is 1.51 bits per heavy atom. The van der Waals surface area contributed by atoms with Gasteiger partial charge in [-0.05, 0) is 130 Å². The van der Waals surface area contributed by atoms with Crippen molar-refractivity contribution in [2.75, 3.05) is 9.80 Å². The van der Waals surface area contributed by atoms with Gasteiger partial charge in [0, 0.05) is 39.7 Å². The van der Waals surface area contributed by atoms with Crippen LogP contribution < -0.4 is 51.7 Å². The lowest BCUT2D eigenvalue weighted by Crippen LogP contribution is -2.74. The molecule has 4 heterocycles. The summed E-state index contributed by atoms with van der Waals surface area (Å²) < 4.78 is 6.80. The van der Waals surface area contributed by atoms with Gasteiger partial charge in [-0.3, -0.25) is 0 Å². The molecule has 0 atom stereocenters. The van der Waals surface area contributed by atoms with Gasteiger partial charge in [0.1, 0.15) is 11.5 Å². The van der Waals surface area contributed by atoms with Crippen LogP contribution in [0.1, 0.15) is 79.0 Å². The van der Waals surface area contributed by atoms with Crippen LogP contribution >= 0.6 is 0 Å². The number of hydrogen-bond acceptors (Lipinski definition) is 3. The molecule has 0 aliphatic carbocycles. The Morgan fingerprint density at radius 2 is 0.923 bits per heavy atom. The first-order chi connectivity index (χ1) is 31.2. The molecule has 8 aromatic rings. The summed E-state index contributed by atoms with van der Waals surface area (Å²) >= 11 is 0. The molecule has 0 fully saturated rings. The number of fused-ring (bicyclic) bond motifs is 14. The van der Waals surface area contributed by atoms with Crippen LogP contribution in [0.2, 0.25) is 0 Å². The van der Waals surface area contributed by atoms with Crippen molar-refractivity contribution in [3.05, 3.63) is 187 Å². The van der Waals surface area contributed by atoms with E-state index in [0.717, 1.165) is 11.5 Å². The second-order valence-corrected chi connectivity index (χ2v) is 25.4. The highest BCUT2D eigenvalue weighted by molar-refractivity contribution is 7.23. The number of para-hydroxylation sites is 2. The van der Waals surface area contributed by atoms with E-state index in [2.05, 4.69) is 242 Å². The predicted molar refractivity (Wildman–Crippen MR) is 279 cm³/mol. The fraction of sp³-hybridized carbons (Fsp3) is 0.200. The SMILES string of the molecule is CC(C)(C)c1ccc(N2c3ccc(C(C)(C)C)cc3B3c4ccc5c(c4N(c4ccc(C(C)(C)C)cc4)c4cccc2c43)-c2ccccc2[Si]52c3ccccc3Oc3ccccc32)cc1. The van der Waals surface area contributed by atoms with E-state index in [9.17, 15) is 0 Å². The van der Waals surface area contributed by atoms with E-state index in [-0.39, 0.29) is 23.0 Å². The maximum absolute atomic E-state index is 6.80. The van der Waals surface area contributed by atoms with E-state index in [0.29, 0.717) is 0 Å². The first-order valence-corrected chi connectivity index (χ1v) is 25.4. The van der Waals surface area contributed by atoms with Crippen LogP contribution in [0.5, 0.6) is 11.5 Å². The first kappa shape index (κ1) is 40.0. The van der Waals surface area contributed by atoms with Crippen molar-refractivity contribution in [3.63, 3.8) is 0 Å². The van der Waals surface area contributed by atoms with Crippen molar-refractivity contribution >= 4 is 86.0 Å². The van der Waals surface area contributed by atoms with Crippen LogP contribution in [-0.2, 0) is 16.2 Å². The highest BCUT2D eigenvalue weighted by Crippen LogP contribution is 2.49. The second kappa shape index (κ2) is 13.7. The van der Waals surface area contributed by atoms with Gasteiger partial charge in [0.2, 0.25) is 0 Å². The summed E-state index contributed by atoms with van der Waals surface area (Å²) in [5.74, 6) is 1.93. The smallest absolute Gasteiger partial charge is 0.252 e. The van der Waals surface area contributed by atoms with Crippen molar-refractivity contribution in [1.29, 1.82) is 0 Å². The number of hydrogen-bond donors (Lipinski definition) is 0. The molecule has 1 spiro atoms. The van der Waals surface area contributed by atoms with Gasteiger partial charge in [-0.1, -0.05) is 178 Å². The highest BCUT2D eigenvalue weighted by atomic mass is 28.3. The highest BCUT2D eigenvalue weighted by Gasteiger charge is 2.56. The van der Waals surface area contributed by atoms with Crippen LogP contribution in [-0.4, -0.2) is 14.8 Å². The van der Waals surface area contributed by atoms with Crippen LogP contribution in [0.15, 0.2) is 170 Å². The molecule has 0 radical (unpaired) electrons. The Hall–Kier alpha value is -6.56. The maximum atomic E-state index is 6.80. The average molecular weight is 859 g/mol. The molecular formula is C60H55BN2OSi. The molecule has 12 rings (SSSR count). The summed E-state index contributed by atoms with van der Waals surface area (Å²) in [6.45, 7) is 20.8. The summed E-state index contributed by atoms with van der Waals surface area (Å²) in [4.78, 5) is 5.17. The third-order valence-electron chi connectivity index (χ3n) is 14.8. The predicted octanol–water partition coefficient (Wildman–Crippen LogP) is 11.1. The molecule has 65 heavy (non-hydrogen) atoms. The zero-order valence-corrected chi connectivity index (χ0v) is 40.0. The van der Waals surface area contributed by atoms with Gasteiger partial charge >= 0.3 is 0 Å². The first-order valence-electron chi connectivity index (χ1n) is 23.4. The summed E-state index contributed by atoms with van der Waals surface area (Å²) in [5.41, 5.74) is 18.1. The molecule has 0 unspecified atom stereocenters. The standard InChI is InChI=1S/C60H55BN2OSi/c1-58(2,3)38-25-30-41(31-26-38)62-46-35-29-40(60(7,8)9)37-45(46)61-44-34-36-54-55(57(44)63(48-19-16-18-47(62)56(48)61)42-32-27-39(28-33-42)59(4,5)6)43-17-10-13-22-51(43)65(54)52-23-14-11-20-49(52)64-50-21-12-15-24-53(50)65/h10-37H,1-9H3. The van der Waals surface area contributed by atoms with Crippen molar-refractivity contribution in [1.82, 2.24) is 0 Å². The number of benzene rings is 8. The lowest BCUT2D eigenvalue weighted by atomic mass is 9.33. The lowest BCUT2D eigenvalue weighted by Gasteiger charge is -2.45. The number of nitrogens with zero attached hydrogens (tertiary/aromatic N) is 2. The van der Waals surface area contributed by atoms with E-state index < -0.39 is 8.07 Å². The summed E-state index contributed by atoms with van der Waals surface area (Å²) in [7, 11) is -2.89. The largest absolute Gasteiger partial charge is 0.458 e. The minimum absolute atomic E-state index is 0.00589. The van der Waals surface area contributed by atoms with Crippen LogP contribution in [0, 0.1) is 0 Å². The Morgan fingerprint density at radius 1 is 0.415 bits per heavy atom. The van der Waals surface area contributed by atoms with Crippen LogP contribution in [0.4, 0.5) is 34.1 Å². The summed E-state index contributed by atoms with van der Waals surface area (Å²) in [6, 6.07) is 65.2. The number of ether oxygens (including phenoxy) is 1. The summed E-state index contributed by atoms with van der Waals surface area (Å²) in [5, 5.41) is 5.49. The van der Waals surface area contributed by atoms with Gasteiger partial charge in [-0.2, -0.15) is 0 Å². The maximum Gasteiger partial charge on any atom is 0.252 e. The topological polar surface area (TPSA) is 15.7 Å². The fourth-order valence-corrected chi connectivity index (χ4v) is 17.0. The third-order valence-corrected chi connectivity index (χ3v) is 19.7. The van der Waals surface area contributed by atoms with Gasteiger partial charge in [0.15, 0.2) is 8.07 Å². The summed E-state index contributed by atoms with van der Waals surface area (Å²) in [6.07, 6.45) is 0. The number of rotatable bonds is 2. The average Bonchev–Trinajstić information content (AvgIpc) is 3.59. The zero-order chi connectivity index (χ0) is 44.8. The molecule has 0 N–H and O–H groups in total. The van der Waals surface area contributed by atoms with Crippen LogP contribution in [0.25, 0.3) is 11.1 Å². The molecule has 0 bridgehead atoms. The fourth-order valence-electron chi connectivity index (χ4n) is 11.6. The molecule has 5 heteroatoms. The molecule has 4 aliphatic rings. The van der Waals surface area contributed by atoms with E-state index in [1.807, 2.05) is 0 Å². The third kappa shape index (κ3) is 5.67. The quantitative estimate of drug-likeness (QED) is 0.161. The van der Waals surface area contributed by atoms with Crippen LogP contribution in [0.3, 0.4) is 0 Å². The molecule has 8 aromatic carbocycles. The molecule has 318 valence electrons. The van der Waals surface area contributed by atoms with Gasteiger partial charge in [-0.15, -0.1) is 0 Å². The van der Waals surface area contributed by atoms with E-state index in [1.165, 1.54) is 99.1 Å². The molecular weight excluding hydrogens is 804 g/mol. The molecule has 0 amide bonds. The van der Waals surface area contributed by atoms with Crippen molar-refractivity contribution in [2.45, 2.75) is 78.6 Å². The Kier molecular flexibility index (Phi) is 8.45. The van der Waals surface area contributed by atoms with E-state index in [4.69, 9.17) is 4.74 Å². The second-order valence-electron chi connectivity index (χ2n) is 21.7. The molecule has 3 nitrogen and oxygen atoms in total. The normalized spacial score (nSPS) is 15.0. The van der Waals surface area contributed by atoms with E-state index >= 15 is 0 Å². The number of anilines is 6. The zero-order valence-electron chi connectivity index (χ0n) is 39.0. The molecule has 0 saturated carbocycles. The Labute approximate surface area is 386 Å². The van der Waals surface area contributed by atoms with Gasteiger partial charge in [0.25, 0.3) is 6.71 Å². The van der Waals surface area contributed by atoms with Gasteiger partial charge in [-0.25, -0.2) is 0 Å². The van der Waals surface area contributed by atoms with Gasteiger partial charge in [0.05, 0.1) is 0 Å². The monoisotopic (exact) mass is 858 g/mol. The van der Waals surface area contributed by atoms with Crippen molar-refractivity contribution < 1.29 is 4.74 Å². The molecule has 0 saturated heterocycles. The van der Waals surface area contributed by atoms with Crippen molar-refractivity contribution in [3.8, 4) is 22.6 Å². The van der Waals surface area contributed by atoms with E-state index in [1.54, 1.807) is 0 Å². The minimum Gasteiger partial charge on any atom is -0.458 e.